The van der Waals surface area contributed by atoms with E-state index in [1.54, 1.807) is 11.3 Å². The van der Waals surface area contributed by atoms with Crippen molar-refractivity contribution in [2.24, 2.45) is 11.8 Å². The summed E-state index contributed by atoms with van der Waals surface area (Å²) in [6.07, 6.45) is 1.68. The van der Waals surface area contributed by atoms with Crippen LogP contribution >= 0.6 is 27.3 Å². The Bertz CT molecular complexity index is 560. The molecule has 0 saturated carbocycles. The highest BCUT2D eigenvalue weighted by atomic mass is 79.9. The maximum absolute atomic E-state index is 11.6. The standard InChI is InChI=1S/C14H22BrNO2S2/c1-14(2,3)12-8-19-13(16-12)6-11(7-15)10-4-5-20(17,18)9-10/h8,10-11H,4-7,9H2,1-3H3. The van der Waals surface area contributed by atoms with Crippen molar-refractivity contribution in [3.8, 4) is 0 Å². The van der Waals surface area contributed by atoms with E-state index < -0.39 is 9.84 Å². The van der Waals surface area contributed by atoms with Crippen molar-refractivity contribution in [2.75, 3.05) is 16.8 Å². The van der Waals surface area contributed by atoms with E-state index in [9.17, 15) is 8.42 Å². The molecule has 1 fully saturated rings. The lowest BCUT2D eigenvalue weighted by atomic mass is 9.90. The fraction of sp³-hybridized carbons (Fsp3) is 0.786. The second kappa shape index (κ2) is 6.05. The summed E-state index contributed by atoms with van der Waals surface area (Å²) in [5.74, 6) is 1.35. The lowest BCUT2D eigenvalue weighted by molar-refractivity contribution is 0.401. The number of halogens is 1. The van der Waals surface area contributed by atoms with Gasteiger partial charge in [0.05, 0.1) is 22.2 Å². The Morgan fingerprint density at radius 2 is 2.20 bits per heavy atom. The van der Waals surface area contributed by atoms with Crippen molar-refractivity contribution in [3.05, 3.63) is 16.1 Å². The molecule has 2 unspecified atom stereocenters. The van der Waals surface area contributed by atoms with E-state index in [1.165, 1.54) is 0 Å². The van der Waals surface area contributed by atoms with Gasteiger partial charge in [-0.1, -0.05) is 36.7 Å². The Labute approximate surface area is 134 Å². The van der Waals surface area contributed by atoms with Crippen LogP contribution in [0.4, 0.5) is 0 Å². The Balaban J connectivity index is 2.06. The summed E-state index contributed by atoms with van der Waals surface area (Å²) in [5, 5.41) is 4.10. The molecule has 2 atom stereocenters. The fourth-order valence-corrected chi connectivity index (χ4v) is 6.31. The minimum absolute atomic E-state index is 0.0787. The van der Waals surface area contributed by atoms with Crippen LogP contribution in [0.5, 0.6) is 0 Å². The van der Waals surface area contributed by atoms with E-state index in [1.807, 2.05) is 0 Å². The first kappa shape index (κ1) is 16.4. The van der Waals surface area contributed by atoms with Crippen LogP contribution in [0.25, 0.3) is 0 Å². The van der Waals surface area contributed by atoms with E-state index >= 15 is 0 Å². The number of thiazole rings is 1. The number of sulfone groups is 1. The molecule has 1 saturated heterocycles. The first-order chi connectivity index (χ1) is 9.21. The SMILES string of the molecule is CC(C)(C)c1csc(CC(CBr)C2CCS(=O)(=O)C2)n1. The Morgan fingerprint density at radius 3 is 2.65 bits per heavy atom. The summed E-state index contributed by atoms with van der Waals surface area (Å²) in [6, 6.07) is 0. The molecule has 1 aliphatic rings. The lowest BCUT2D eigenvalue weighted by Crippen LogP contribution is -2.20. The van der Waals surface area contributed by atoms with Gasteiger partial charge < -0.3 is 0 Å². The molecule has 114 valence electrons. The Hall–Kier alpha value is 0.0600. The second-order valence-corrected chi connectivity index (χ2v) is 10.5. The third kappa shape index (κ3) is 4.04. The lowest BCUT2D eigenvalue weighted by Gasteiger charge is -2.19. The summed E-state index contributed by atoms with van der Waals surface area (Å²) < 4.78 is 23.2. The molecule has 0 radical (unpaired) electrons. The third-order valence-electron chi connectivity index (χ3n) is 3.89. The molecule has 0 amide bonds. The smallest absolute Gasteiger partial charge is 0.150 e. The van der Waals surface area contributed by atoms with Crippen LogP contribution in [0, 0.1) is 11.8 Å². The van der Waals surface area contributed by atoms with Crippen LogP contribution < -0.4 is 0 Å². The minimum atomic E-state index is -2.80. The second-order valence-electron chi connectivity index (χ2n) is 6.66. The van der Waals surface area contributed by atoms with E-state index in [4.69, 9.17) is 4.98 Å². The molecule has 1 aliphatic heterocycles. The van der Waals surface area contributed by atoms with Crippen molar-refractivity contribution in [1.82, 2.24) is 4.98 Å². The highest BCUT2D eigenvalue weighted by molar-refractivity contribution is 9.09. The Morgan fingerprint density at radius 1 is 1.50 bits per heavy atom. The number of hydrogen-bond acceptors (Lipinski definition) is 4. The van der Waals surface area contributed by atoms with Crippen molar-refractivity contribution < 1.29 is 8.42 Å². The molecule has 0 aliphatic carbocycles. The largest absolute Gasteiger partial charge is 0.246 e. The molecule has 0 N–H and O–H groups in total. The van der Waals surface area contributed by atoms with Gasteiger partial charge in [-0.2, -0.15) is 0 Å². The highest BCUT2D eigenvalue weighted by Gasteiger charge is 2.33. The van der Waals surface area contributed by atoms with Crippen LogP contribution in [0.1, 0.15) is 37.9 Å². The molecular weight excluding hydrogens is 358 g/mol. The summed E-state index contributed by atoms with van der Waals surface area (Å²) in [6.45, 7) is 6.49. The zero-order chi connectivity index (χ0) is 15.0. The van der Waals surface area contributed by atoms with Gasteiger partial charge in [0.2, 0.25) is 0 Å². The van der Waals surface area contributed by atoms with Crippen molar-refractivity contribution in [1.29, 1.82) is 0 Å². The number of rotatable bonds is 4. The van der Waals surface area contributed by atoms with Gasteiger partial charge in [-0.25, -0.2) is 13.4 Å². The molecule has 3 nitrogen and oxygen atoms in total. The predicted octanol–water partition coefficient (Wildman–Crippen LogP) is 3.43. The van der Waals surface area contributed by atoms with Gasteiger partial charge >= 0.3 is 0 Å². The molecule has 20 heavy (non-hydrogen) atoms. The molecule has 6 heteroatoms. The first-order valence-electron chi connectivity index (χ1n) is 6.92. The van der Waals surface area contributed by atoms with Gasteiger partial charge in [0.15, 0.2) is 9.84 Å². The molecule has 1 aromatic rings. The van der Waals surface area contributed by atoms with Crippen LogP contribution in [-0.4, -0.2) is 30.2 Å². The number of hydrogen-bond donors (Lipinski definition) is 0. The predicted molar refractivity (Wildman–Crippen MR) is 88.6 cm³/mol. The summed E-state index contributed by atoms with van der Waals surface area (Å²) in [5.41, 5.74) is 1.21. The minimum Gasteiger partial charge on any atom is -0.246 e. The zero-order valence-electron chi connectivity index (χ0n) is 12.2. The maximum Gasteiger partial charge on any atom is 0.150 e. The van der Waals surface area contributed by atoms with Gasteiger partial charge in [0.25, 0.3) is 0 Å². The molecule has 0 aromatic carbocycles. The fourth-order valence-electron chi connectivity index (χ4n) is 2.52. The molecule has 0 spiro atoms. The molecule has 1 aromatic heterocycles. The van der Waals surface area contributed by atoms with Gasteiger partial charge in [0.1, 0.15) is 0 Å². The van der Waals surface area contributed by atoms with Crippen molar-refractivity contribution >= 4 is 37.1 Å². The molecule has 0 bridgehead atoms. The highest BCUT2D eigenvalue weighted by Crippen LogP contribution is 2.32. The first-order valence-corrected chi connectivity index (χ1v) is 10.7. The molecular formula is C14H22BrNO2S2. The van der Waals surface area contributed by atoms with Gasteiger partial charge in [-0.05, 0) is 18.3 Å². The molecule has 2 heterocycles. The monoisotopic (exact) mass is 379 g/mol. The number of nitrogens with zero attached hydrogens (tertiary/aromatic N) is 1. The van der Waals surface area contributed by atoms with Crippen molar-refractivity contribution in [2.45, 2.75) is 39.0 Å². The summed E-state index contributed by atoms with van der Waals surface area (Å²) in [4.78, 5) is 4.73. The van der Waals surface area contributed by atoms with Gasteiger partial charge in [0, 0.05) is 22.5 Å². The van der Waals surface area contributed by atoms with E-state index in [-0.39, 0.29) is 11.3 Å². The average Bonchev–Trinajstić information content (AvgIpc) is 2.91. The Kier molecular flexibility index (Phi) is 4.97. The normalized spacial score (nSPS) is 23.9. The topological polar surface area (TPSA) is 47.0 Å². The maximum atomic E-state index is 11.6. The van der Waals surface area contributed by atoms with E-state index in [0.29, 0.717) is 17.4 Å². The van der Waals surface area contributed by atoms with Crippen LogP contribution in [-0.2, 0) is 21.7 Å². The zero-order valence-corrected chi connectivity index (χ0v) is 15.4. The third-order valence-corrected chi connectivity index (χ3v) is 7.39. The van der Waals surface area contributed by atoms with Crippen LogP contribution in [0.2, 0.25) is 0 Å². The quantitative estimate of drug-likeness (QED) is 0.752. The van der Waals surface area contributed by atoms with Crippen LogP contribution in [0.3, 0.4) is 0 Å². The summed E-state index contributed by atoms with van der Waals surface area (Å²) in [7, 11) is -2.80. The van der Waals surface area contributed by atoms with Gasteiger partial charge in [-0.15, -0.1) is 11.3 Å². The van der Waals surface area contributed by atoms with E-state index in [0.717, 1.165) is 28.9 Å². The summed E-state index contributed by atoms with van der Waals surface area (Å²) >= 11 is 5.25. The average molecular weight is 380 g/mol. The van der Waals surface area contributed by atoms with Crippen molar-refractivity contribution in [3.63, 3.8) is 0 Å². The van der Waals surface area contributed by atoms with E-state index in [2.05, 4.69) is 42.1 Å². The number of alkyl halides is 1. The number of aromatic nitrogens is 1. The van der Waals surface area contributed by atoms with Crippen LogP contribution in [0.15, 0.2) is 5.38 Å². The van der Waals surface area contributed by atoms with Gasteiger partial charge in [-0.3, -0.25) is 0 Å². The molecule has 2 rings (SSSR count).